The molecule has 1 heterocycles. The third-order valence-corrected chi connectivity index (χ3v) is 8.63. The lowest BCUT2D eigenvalue weighted by Crippen LogP contribution is -2.11. The van der Waals surface area contributed by atoms with E-state index in [1.54, 1.807) is 0 Å². The van der Waals surface area contributed by atoms with E-state index in [-0.39, 0.29) is 10.8 Å². The molecule has 5 aromatic carbocycles. The Hall–Kier alpha value is -2.95. The maximum atomic E-state index is 5.40. The molecule has 0 aliphatic heterocycles. The zero-order valence-electron chi connectivity index (χ0n) is 23.2. The number of halogens is 2. The molecule has 0 N–H and O–H groups in total. The summed E-state index contributed by atoms with van der Waals surface area (Å²) in [5.74, 6) is 0.947. The Morgan fingerprint density at radius 1 is 0.564 bits per heavy atom. The van der Waals surface area contributed by atoms with Gasteiger partial charge in [0, 0.05) is 31.0 Å². The molecule has 1 aromatic heterocycles. The van der Waals surface area contributed by atoms with Gasteiger partial charge in [0.2, 0.25) is 0 Å². The van der Waals surface area contributed by atoms with Crippen LogP contribution in [0.25, 0.3) is 49.7 Å². The first kappa shape index (κ1) is 26.3. The van der Waals surface area contributed by atoms with Crippen LogP contribution in [0.2, 0.25) is 0 Å². The summed E-state index contributed by atoms with van der Waals surface area (Å²) in [7, 11) is 0. The van der Waals surface area contributed by atoms with E-state index >= 15 is 0 Å². The van der Waals surface area contributed by atoms with E-state index in [4.69, 9.17) is 4.98 Å². The number of nitrogens with zero attached hydrogens (tertiary/aromatic N) is 2. The minimum absolute atomic E-state index is 0.0845. The summed E-state index contributed by atoms with van der Waals surface area (Å²) in [4.78, 5) is 5.40. The third-order valence-electron chi connectivity index (χ3n) is 7.64. The van der Waals surface area contributed by atoms with Crippen LogP contribution in [0.4, 0.5) is 0 Å². The highest BCUT2D eigenvalue weighted by Gasteiger charge is 2.22. The Bertz CT molecular complexity index is 1860. The van der Waals surface area contributed by atoms with E-state index in [1.165, 1.54) is 27.3 Å². The van der Waals surface area contributed by atoms with E-state index in [0.29, 0.717) is 0 Å². The summed E-state index contributed by atoms with van der Waals surface area (Å²) in [5, 5.41) is 4.75. The Balaban J connectivity index is 1.76. The van der Waals surface area contributed by atoms with Gasteiger partial charge < -0.3 is 0 Å². The summed E-state index contributed by atoms with van der Waals surface area (Å²) < 4.78 is 4.45. The molecule has 0 atom stereocenters. The Morgan fingerprint density at radius 3 is 1.59 bits per heavy atom. The number of benzene rings is 5. The van der Waals surface area contributed by atoms with E-state index in [2.05, 4.69) is 163 Å². The first-order valence-electron chi connectivity index (χ1n) is 13.4. The van der Waals surface area contributed by atoms with Gasteiger partial charge in [0.25, 0.3) is 0 Å². The summed E-state index contributed by atoms with van der Waals surface area (Å²) in [6.45, 7) is 13.5. The molecule has 0 saturated heterocycles. The van der Waals surface area contributed by atoms with Crippen LogP contribution in [-0.2, 0) is 10.8 Å². The number of imidazole rings is 1. The van der Waals surface area contributed by atoms with Gasteiger partial charge in [0.15, 0.2) is 0 Å². The second-order valence-corrected chi connectivity index (χ2v) is 14.3. The summed E-state index contributed by atoms with van der Waals surface area (Å²) in [6, 6.07) is 31.0. The lowest BCUT2D eigenvalue weighted by atomic mass is 9.86. The number of rotatable bonds is 2. The molecular formula is C35H32Br2N2. The summed E-state index contributed by atoms with van der Waals surface area (Å²) >= 11 is 7.47. The zero-order valence-corrected chi connectivity index (χ0v) is 26.4. The van der Waals surface area contributed by atoms with Crippen molar-refractivity contribution in [2.24, 2.45) is 0 Å². The molecular weight excluding hydrogens is 608 g/mol. The number of hydrogen-bond acceptors (Lipinski definition) is 1. The van der Waals surface area contributed by atoms with Gasteiger partial charge in [-0.1, -0.05) is 122 Å². The topological polar surface area (TPSA) is 17.8 Å². The van der Waals surface area contributed by atoms with Crippen molar-refractivity contribution in [3.05, 3.63) is 105 Å². The number of hydrogen-bond donors (Lipinski definition) is 0. The highest BCUT2D eigenvalue weighted by Crippen LogP contribution is 2.41. The molecule has 0 amide bonds. The monoisotopic (exact) mass is 638 g/mol. The lowest BCUT2D eigenvalue weighted by molar-refractivity contribution is 0.590. The summed E-state index contributed by atoms with van der Waals surface area (Å²) in [6.07, 6.45) is 0. The number of fused-ring (bicyclic) bond motifs is 6. The first-order valence-corrected chi connectivity index (χ1v) is 15.0. The van der Waals surface area contributed by atoms with Crippen LogP contribution in [-0.4, -0.2) is 9.55 Å². The molecule has 0 fully saturated rings. The maximum absolute atomic E-state index is 5.40. The van der Waals surface area contributed by atoms with Crippen molar-refractivity contribution in [1.82, 2.24) is 9.55 Å². The minimum Gasteiger partial charge on any atom is -0.292 e. The van der Waals surface area contributed by atoms with Crippen molar-refractivity contribution in [2.75, 3.05) is 0 Å². The van der Waals surface area contributed by atoms with Crippen LogP contribution in [0, 0.1) is 0 Å². The van der Waals surface area contributed by atoms with Crippen molar-refractivity contribution in [3.63, 3.8) is 0 Å². The van der Waals surface area contributed by atoms with Crippen LogP contribution in [0.1, 0.15) is 52.7 Å². The normalized spacial score (nSPS) is 12.6. The third kappa shape index (κ3) is 4.62. The molecule has 0 radical (unpaired) electrons. The quantitative estimate of drug-likeness (QED) is 0.172. The van der Waals surface area contributed by atoms with E-state index < -0.39 is 0 Å². The SMILES string of the molecule is CC(C)(C)c1ccc(-c2nc3c4cc(Br)ccc4c4ccc(Br)cc4c3n2-c2ccc(C(C)(C)C)cc2)cc1. The predicted molar refractivity (Wildman–Crippen MR) is 174 cm³/mol. The van der Waals surface area contributed by atoms with Gasteiger partial charge in [0.05, 0.1) is 11.0 Å². The van der Waals surface area contributed by atoms with Gasteiger partial charge >= 0.3 is 0 Å². The molecule has 0 unspecified atom stereocenters. The van der Waals surface area contributed by atoms with Gasteiger partial charge in [-0.2, -0.15) is 0 Å². The van der Waals surface area contributed by atoms with Crippen molar-refractivity contribution >= 4 is 64.4 Å². The molecule has 0 saturated carbocycles. The van der Waals surface area contributed by atoms with Gasteiger partial charge in [-0.3, -0.25) is 4.57 Å². The van der Waals surface area contributed by atoms with Gasteiger partial charge in [0.1, 0.15) is 5.82 Å². The molecule has 0 spiro atoms. The molecule has 196 valence electrons. The fraction of sp³-hybridized carbons (Fsp3) is 0.229. The van der Waals surface area contributed by atoms with Crippen LogP contribution < -0.4 is 0 Å². The first-order chi connectivity index (χ1) is 18.4. The van der Waals surface area contributed by atoms with Crippen LogP contribution in [0.15, 0.2) is 93.9 Å². The molecule has 0 aliphatic rings. The van der Waals surface area contributed by atoms with Crippen molar-refractivity contribution in [1.29, 1.82) is 0 Å². The fourth-order valence-electron chi connectivity index (χ4n) is 5.43. The van der Waals surface area contributed by atoms with Crippen LogP contribution in [0.3, 0.4) is 0 Å². The molecule has 0 bridgehead atoms. The molecule has 2 nitrogen and oxygen atoms in total. The Labute approximate surface area is 247 Å². The zero-order chi connectivity index (χ0) is 27.7. The van der Waals surface area contributed by atoms with Gasteiger partial charge in [-0.05, 0) is 69.1 Å². The van der Waals surface area contributed by atoms with Crippen LogP contribution in [0.5, 0.6) is 0 Å². The maximum Gasteiger partial charge on any atom is 0.145 e. The minimum atomic E-state index is 0.0845. The second-order valence-electron chi connectivity index (χ2n) is 12.5. The Kier molecular flexibility index (Phi) is 6.28. The van der Waals surface area contributed by atoms with Crippen molar-refractivity contribution < 1.29 is 0 Å². The molecule has 4 heteroatoms. The second kappa shape index (κ2) is 9.31. The van der Waals surface area contributed by atoms with Gasteiger partial charge in [-0.15, -0.1) is 0 Å². The highest BCUT2D eigenvalue weighted by atomic mass is 79.9. The van der Waals surface area contributed by atoms with Crippen molar-refractivity contribution in [3.8, 4) is 17.1 Å². The van der Waals surface area contributed by atoms with Gasteiger partial charge in [-0.25, -0.2) is 4.98 Å². The van der Waals surface area contributed by atoms with E-state index in [0.717, 1.165) is 42.4 Å². The fourth-order valence-corrected chi connectivity index (χ4v) is 6.15. The van der Waals surface area contributed by atoms with Crippen LogP contribution >= 0.6 is 31.9 Å². The highest BCUT2D eigenvalue weighted by molar-refractivity contribution is 9.10. The predicted octanol–water partition coefficient (Wildman–Crippen LogP) is 11.1. The van der Waals surface area contributed by atoms with E-state index in [9.17, 15) is 0 Å². The number of aromatic nitrogens is 2. The smallest absolute Gasteiger partial charge is 0.145 e. The molecule has 0 aliphatic carbocycles. The lowest BCUT2D eigenvalue weighted by Gasteiger charge is -2.20. The average molecular weight is 640 g/mol. The molecule has 6 aromatic rings. The van der Waals surface area contributed by atoms with Crippen molar-refractivity contribution in [2.45, 2.75) is 52.4 Å². The Morgan fingerprint density at radius 2 is 1.05 bits per heavy atom. The summed E-state index contributed by atoms with van der Waals surface area (Å²) in [5.41, 5.74) is 7.14. The standard InChI is InChI=1S/C35H32Br2N2/c1-34(2,3)22-9-7-21(8-10-22)33-38-31-29-19-24(36)13-17-27(29)28-18-14-25(37)20-30(28)32(31)39(33)26-15-11-23(12-16-26)35(4,5)6/h7-20H,1-6H3. The average Bonchev–Trinajstić information content (AvgIpc) is 3.29. The molecule has 6 rings (SSSR count). The largest absolute Gasteiger partial charge is 0.292 e. The molecule has 39 heavy (non-hydrogen) atoms. The van der Waals surface area contributed by atoms with E-state index in [1.807, 2.05) is 0 Å².